The number of nitro benzene ring substituents is 1. The molecule has 18 heavy (non-hydrogen) atoms. The van der Waals surface area contributed by atoms with Crippen molar-refractivity contribution in [2.75, 3.05) is 7.05 Å². The van der Waals surface area contributed by atoms with Crippen LogP contribution in [0.1, 0.15) is 6.92 Å². The van der Waals surface area contributed by atoms with E-state index in [0.717, 1.165) is 18.2 Å². The van der Waals surface area contributed by atoms with Crippen molar-refractivity contribution in [2.24, 2.45) is 0 Å². The van der Waals surface area contributed by atoms with Gasteiger partial charge in [-0.1, -0.05) is 11.6 Å². The second kappa shape index (κ2) is 5.19. The summed E-state index contributed by atoms with van der Waals surface area (Å²) in [7, 11) is -2.82. The standard InChI is InChI=1S/C9H11ClN2O5S/c1-6(13)11(2)18(16,17)7-3-4-8(10)9(5-7)12(14)15/h3-6,13H,1-2H3. The van der Waals surface area contributed by atoms with E-state index in [4.69, 9.17) is 11.6 Å². The van der Waals surface area contributed by atoms with Crippen molar-refractivity contribution in [3.8, 4) is 0 Å². The lowest BCUT2D eigenvalue weighted by atomic mass is 10.3. The molecule has 0 radical (unpaired) electrons. The summed E-state index contributed by atoms with van der Waals surface area (Å²) >= 11 is 5.58. The van der Waals surface area contributed by atoms with Gasteiger partial charge < -0.3 is 5.11 Å². The number of aliphatic hydroxyl groups is 1. The lowest BCUT2D eigenvalue weighted by Gasteiger charge is -2.19. The molecule has 0 saturated heterocycles. The van der Waals surface area contributed by atoms with Crippen LogP contribution in [0.25, 0.3) is 0 Å². The quantitative estimate of drug-likeness (QED) is 0.511. The van der Waals surface area contributed by atoms with Crippen molar-refractivity contribution in [1.29, 1.82) is 0 Å². The van der Waals surface area contributed by atoms with Gasteiger partial charge in [0.05, 0.1) is 9.82 Å². The van der Waals surface area contributed by atoms with Crippen LogP contribution in [0.15, 0.2) is 23.1 Å². The van der Waals surface area contributed by atoms with Crippen LogP contribution in [0.5, 0.6) is 0 Å². The van der Waals surface area contributed by atoms with Gasteiger partial charge in [-0.05, 0) is 19.1 Å². The van der Waals surface area contributed by atoms with Crippen LogP contribution < -0.4 is 0 Å². The highest BCUT2D eigenvalue weighted by Crippen LogP contribution is 2.28. The Hall–Kier alpha value is -1.22. The number of aliphatic hydroxyl groups excluding tert-OH is 1. The molecule has 0 aliphatic rings. The Balaban J connectivity index is 3.35. The molecule has 0 amide bonds. The summed E-state index contributed by atoms with van der Waals surface area (Å²) in [6, 6.07) is 3.13. The van der Waals surface area contributed by atoms with E-state index >= 15 is 0 Å². The summed E-state index contributed by atoms with van der Waals surface area (Å²) < 4.78 is 24.6. The third-order valence-electron chi connectivity index (χ3n) is 2.32. The van der Waals surface area contributed by atoms with Crippen LogP contribution in [-0.4, -0.2) is 36.0 Å². The summed E-state index contributed by atoms with van der Waals surface area (Å²) in [5.74, 6) is 0. The van der Waals surface area contributed by atoms with Crippen LogP contribution in [0.2, 0.25) is 5.02 Å². The van der Waals surface area contributed by atoms with Gasteiger partial charge in [-0.15, -0.1) is 0 Å². The predicted octanol–water partition coefficient (Wildman–Crippen LogP) is 1.21. The monoisotopic (exact) mass is 294 g/mol. The molecule has 0 aliphatic heterocycles. The Kier molecular flexibility index (Phi) is 4.28. The number of nitro groups is 1. The van der Waals surface area contributed by atoms with Gasteiger partial charge in [0.15, 0.2) is 0 Å². The van der Waals surface area contributed by atoms with Crippen LogP contribution in [0.4, 0.5) is 5.69 Å². The van der Waals surface area contributed by atoms with Crippen LogP contribution in [0, 0.1) is 10.1 Å². The highest BCUT2D eigenvalue weighted by molar-refractivity contribution is 7.89. The Labute approximate surface area is 109 Å². The summed E-state index contributed by atoms with van der Waals surface area (Å²) in [6.07, 6.45) is -1.25. The molecule has 7 nitrogen and oxygen atoms in total. The fraction of sp³-hybridized carbons (Fsp3) is 0.333. The molecular formula is C9H11ClN2O5S. The number of hydrogen-bond acceptors (Lipinski definition) is 5. The van der Waals surface area contributed by atoms with Gasteiger partial charge in [0.25, 0.3) is 5.69 Å². The molecule has 1 rings (SSSR count). The van der Waals surface area contributed by atoms with Crippen LogP contribution in [-0.2, 0) is 10.0 Å². The number of sulfonamides is 1. The Bertz CT molecular complexity index is 572. The molecule has 0 aliphatic carbocycles. The first-order chi connectivity index (χ1) is 8.17. The summed E-state index contributed by atoms with van der Waals surface area (Å²) in [5, 5.41) is 19.8. The second-order valence-electron chi connectivity index (χ2n) is 3.52. The summed E-state index contributed by atoms with van der Waals surface area (Å²) in [5.41, 5.74) is -0.503. The van der Waals surface area contributed by atoms with E-state index in [1.54, 1.807) is 0 Å². The molecule has 9 heteroatoms. The highest BCUT2D eigenvalue weighted by Gasteiger charge is 2.26. The lowest BCUT2D eigenvalue weighted by molar-refractivity contribution is -0.384. The number of benzene rings is 1. The average molecular weight is 295 g/mol. The number of hydrogen-bond donors (Lipinski definition) is 1. The SMILES string of the molecule is CC(O)N(C)S(=O)(=O)c1ccc(Cl)c([N+](=O)[O-])c1. The number of halogens is 1. The molecule has 0 heterocycles. The van der Waals surface area contributed by atoms with Crippen molar-refractivity contribution in [3.63, 3.8) is 0 Å². The first-order valence-corrected chi connectivity index (χ1v) is 6.59. The lowest BCUT2D eigenvalue weighted by Crippen LogP contribution is -2.34. The molecule has 100 valence electrons. The third-order valence-corrected chi connectivity index (χ3v) is 4.55. The van der Waals surface area contributed by atoms with Crippen molar-refractivity contribution >= 4 is 27.3 Å². The smallest absolute Gasteiger partial charge is 0.289 e. The van der Waals surface area contributed by atoms with Gasteiger partial charge in [-0.2, -0.15) is 4.31 Å². The molecule has 0 fully saturated rings. The molecule has 1 unspecified atom stereocenters. The largest absolute Gasteiger partial charge is 0.378 e. The molecule has 1 aromatic rings. The summed E-state index contributed by atoms with van der Waals surface area (Å²) in [6.45, 7) is 1.27. The van der Waals surface area contributed by atoms with Gasteiger partial charge in [0.1, 0.15) is 11.3 Å². The molecule has 0 bridgehead atoms. The average Bonchev–Trinajstić information content (AvgIpc) is 2.27. The van der Waals surface area contributed by atoms with E-state index in [2.05, 4.69) is 0 Å². The number of nitrogens with zero attached hydrogens (tertiary/aromatic N) is 2. The van der Waals surface area contributed by atoms with Crippen molar-refractivity contribution < 1.29 is 18.4 Å². The third kappa shape index (κ3) is 2.78. The topological polar surface area (TPSA) is 101 Å². The van der Waals surface area contributed by atoms with Gasteiger partial charge in [-0.25, -0.2) is 8.42 Å². The van der Waals surface area contributed by atoms with Crippen molar-refractivity contribution in [1.82, 2.24) is 4.31 Å². The molecular weight excluding hydrogens is 284 g/mol. The second-order valence-corrected chi connectivity index (χ2v) is 5.93. The summed E-state index contributed by atoms with van der Waals surface area (Å²) in [4.78, 5) is 9.59. The van der Waals surface area contributed by atoms with E-state index in [-0.39, 0.29) is 9.92 Å². The van der Waals surface area contributed by atoms with Crippen LogP contribution in [0.3, 0.4) is 0 Å². The van der Waals surface area contributed by atoms with E-state index in [9.17, 15) is 23.6 Å². The van der Waals surface area contributed by atoms with Gasteiger partial charge >= 0.3 is 0 Å². The van der Waals surface area contributed by atoms with Crippen LogP contribution >= 0.6 is 11.6 Å². The van der Waals surface area contributed by atoms with Crippen molar-refractivity contribution in [2.45, 2.75) is 18.0 Å². The highest BCUT2D eigenvalue weighted by atomic mass is 35.5. The molecule has 1 N–H and O–H groups in total. The molecule has 1 atom stereocenters. The van der Waals surface area contributed by atoms with Gasteiger partial charge in [-0.3, -0.25) is 10.1 Å². The van der Waals surface area contributed by atoms with E-state index < -0.39 is 26.9 Å². The Morgan fingerprint density at radius 1 is 1.50 bits per heavy atom. The fourth-order valence-electron chi connectivity index (χ4n) is 1.16. The van der Waals surface area contributed by atoms with E-state index in [1.165, 1.54) is 14.0 Å². The zero-order chi connectivity index (χ0) is 14.1. The molecule has 0 saturated carbocycles. The molecule has 1 aromatic carbocycles. The van der Waals surface area contributed by atoms with Crippen molar-refractivity contribution in [3.05, 3.63) is 33.3 Å². The molecule has 0 aromatic heterocycles. The Morgan fingerprint density at radius 3 is 2.50 bits per heavy atom. The van der Waals surface area contributed by atoms with Gasteiger partial charge in [0, 0.05) is 13.1 Å². The van der Waals surface area contributed by atoms with E-state index in [0.29, 0.717) is 4.31 Å². The maximum Gasteiger partial charge on any atom is 0.289 e. The van der Waals surface area contributed by atoms with E-state index in [1.807, 2.05) is 0 Å². The maximum atomic E-state index is 12.0. The number of rotatable bonds is 4. The minimum absolute atomic E-state index is 0.154. The maximum absolute atomic E-state index is 12.0. The zero-order valence-corrected chi connectivity index (χ0v) is 11.1. The zero-order valence-electron chi connectivity index (χ0n) is 9.57. The molecule has 0 spiro atoms. The Morgan fingerprint density at radius 2 is 2.06 bits per heavy atom. The first-order valence-electron chi connectivity index (χ1n) is 4.78. The normalized spacial score (nSPS) is 13.6. The minimum atomic E-state index is -3.99. The first kappa shape index (κ1) is 14.8. The fourth-order valence-corrected chi connectivity index (χ4v) is 2.58. The van der Waals surface area contributed by atoms with Gasteiger partial charge in [0.2, 0.25) is 10.0 Å². The predicted molar refractivity (Wildman–Crippen MR) is 64.7 cm³/mol. The minimum Gasteiger partial charge on any atom is -0.378 e.